The van der Waals surface area contributed by atoms with Crippen molar-refractivity contribution in [1.29, 1.82) is 0 Å². The number of hydrogen-bond acceptors (Lipinski definition) is 1. The van der Waals surface area contributed by atoms with E-state index in [-0.39, 0.29) is 0 Å². The Hall–Kier alpha value is -1.84. The van der Waals surface area contributed by atoms with Gasteiger partial charge < -0.3 is 5.32 Å². The second-order valence-corrected chi connectivity index (χ2v) is 4.94. The van der Waals surface area contributed by atoms with Crippen LogP contribution in [-0.4, -0.2) is 54.2 Å². The second-order valence-electron chi connectivity index (χ2n) is 4.94. The summed E-state index contributed by atoms with van der Waals surface area (Å²) in [6.45, 7) is 1.58. The average molecular weight is 453 g/mol. The molecule has 0 radical (unpaired) electrons. The third-order valence-electron chi connectivity index (χ3n) is 3.02. The molecule has 17 heteroatoms. The summed E-state index contributed by atoms with van der Waals surface area (Å²) in [5.41, 5.74) is 0. The number of alkyl halides is 15. The van der Waals surface area contributed by atoms with Crippen molar-refractivity contribution in [2.75, 3.05) is 6.54 Å². The standard InChI is InChI=1S/C11H6F15NO/c1-2-3-27-4(28)5(12,13)6(14,15)7(16,17)8(18,19)9(20,21)10(22,23)11(24,25)26/h2H,1,3H2,(H,27,28). The lowest BCUT2D eigenvalue weighted by molar-refractivity contribution is -0.449. The molecule has 166 valence electrons. The Bertz CT molecular complexity index is 606. The molecular weight excluding hydrogens is 447 g/mol. The minimum atomic E-state index is -8.41. The molecule has 1 amide bonds. The average Bonchev–Trinajstić information content (AvgIpc) is 2.50. The first-order valence-electron chi connectivity index (χ1n) is 6.21. The summed E-state index contributed by atoms with van der Waals surface area (Å²) in [6, 6.07) is 0. The van der Waals surface area contributed by atoms with E-state index in [1.54, 1.807) is 0 Å². The van der Waals surface area contributed by atoms with Crippen molar-refractivity contribution in [2.45, 2.75) is 41.7 Å². The maximum absolute atomic E-state index is 13.2. The van der Waals surface area contributed by atoms with Gasteiger partial charge in [0.2, 0.25) is 0 Å². The topological polar surface area (TPSA) is 29.1 Å². The number of carbonyl (C=O) groups excluding carboxylic acids is 1. The predicted molar refractivity (Wildman–Crippen MR) is 58.9 cm³/mol. The number of amides is 1. The zero-order valence-corrected chi connectivity index (χ0v) is 12.6. The SMILES string of the molecule is C=CCNC(=O)C(F)(F)C(F)(F)C(F)(F)C(F)(F)C(F)(F)C(F)(F)C(F)(F)F. The number of hydrogen-bond donors (Lipinski definition) is 1. The maximum atomic E-state index is 13.2. The number of rotatable bonds is 8. The molecule has 0 spiro atoms. The van der Waals surface area contributed by atoms with Crippen molar-refractivity contribution in [3.05, 3.63) is 12.7 Å². The van der Waals surface area contributed by atoms with Gasteiger partial charge in [-0.2, -0.15) is 65.9 Å². The van der Waals surface area contributed by atoms with Crippen molar-refractivity contribution >= 4 is 5.91 Å². The molecule has 2 nitrogen and oxygen atoms in total. The highest BCUT2D eigenvalue weighted by Crippen LogP contribution is 2.62. The van der Waals surface area contributed by atoms with Crippen molar-refractivity contribution in [3.63, 3.8) is 0 Å². The van der Waals surface area contributed by atoms with Crippen molar-refractivity contribution < 1.29 is 70.7 Å². The Balaban J connectivity index is 6.47. The summed E-state index contributed by atoms with van der Waals surface area (Å²) in [4.78, 5) is 10.8. The minimum absolute atomic E-state index is 0.483. The van der Waals surface area contributed by atoms with Crippen molar-refractivity contribution in [2.24, 2.45) is 0 Å². The van der Waals surface area contributed by atoms with Crippen LogP contribution < -0.4 is 5.32 Å². The molecule has 0 aliphatic heterocycles. The molecule has 0 saturated carbocycles. The molecule has 0 bridgehead atoms. The van der Waals surface area contributed by atoms with Gasteiger partial charge in [-0.1, -0.05) is 6.08 Å². The molecule has 0 aliphatic carbocycles. The zero-order valence-electron chi connectivity index (χ0n) is 12.6. The number of halogens is 15. The molecule has 28 heavy (non-hydrogen) atoms. The first-order chi connectivity index (χ1) is 12.0. The Morgan fingerprint density at radius 1 is 0.643 bits per heavy atom. The molecule has 0 heterocycles. The lowest BCUT2D eigenvalue weighted by Gasteiger charge is -2.41. The summed E-state index contributed by atoms with van der Waals surface area (Å²) in [5.74, 6) is -51.3. The van der Waals surface area contributed by atoms with Gasteiger partial charge in [0, 0.05) is 6.54 Å². The fourth-order valence-corrected chi connectivity index (χ4v) is 1.39. The largest absolute Gasteiger partial charge is 0.460 e. The van der Waals surface area contributed by atoms with Crippen LogP contribution in [0.1, 0.15) is 0 Å². The molecule has 1 N–H and O–H groups in total. The van der Waals surface area contributed by atoms with Gasteiger partial charge in [-0.3, -0.25) is 4.79 Å². The Morgan fingerprint density at radius 3 is 1.29 bits per heavy atom. The molecule has 0 aromatic rings. The first kappa shape index (κ1) is 26.2. The van der Waals surface area contributed by atoms with Crippen LogP contribution in [0.25, 0.3) is 0 Å². The van der Waals surface area contributed by atoms with Crippen LogP contribution in [0.2, 0.25) is 0 Å². The van der Waals surface area contributed by atoms with Gasteiger partial charge in [0.15, 0.2) is 0 Å². The van der Waals surface area contributed by atoms with E-state index in [9.17, 15) is 70.7 Å². The van der Waals surface area contributed by atoms with Gasteiger partial charge in [-0.25, -0.2) is 0 Å². The summed E-state index contributed by atoms with van der Waals surface area (Å²) in [7, 11) is 0. The number of nitrogens with one attached hydrogen (secondary N) is 1. The molecule has 0 aromatic heterocycles. The molecule has 0 saturated heterocycles. The fraction of sp³-hybridized carbons (Fsp3) is 0.727. The summed E-state index contributed by atoms with van der Waals surface area (Å²) < 4.78 is 192. The first-order valence-corrected chi connectivity index (χ1v) is 6.21. The van der Waals surface area contributed by atoms with Gasteiger partial charge in [0.1, 0.15) is 0 Å². The van der Waals surface area contributed by atoms with Gasteiger partial charge in [-0.05, 0) is 0 Å². The van der Waals surface area contributed by atoms with Crippen LogP contribution in [0.3, 0.4) is 0 Å². The van der Waals surface area contributed by atoms with Gasteiger partial charge in [0.25, 0.3) is 5.91 Å². The van der Waals surface area contributed by atoms with Crippen LogP contribution in [0.15, 0.2) is 12.7 Å². The Kier molecular flexibility index (Phi) is 6.44. The van der Waals surface area contributed by atoms with Crippen LogP contribution in [0, 0.1) is 0 Å². The highest BCUT2D eigenvalue weighted by Gasteiger charge is 2.94. The molecular formula is C11H6F15NO. The summed E-state index contributed by atoms with van der Waals surface area (Å²) in [5, 5.41) is 0.715. The number of carbonyl (C=O) groups is 1. The maximum Gasteiger partial charge on any atom is 0.460 e. The van der Waals surface area contributed by atoms with Gasteiger partial charge in [0.05, 0.1) is 0 Å². The van der Waals surface area contributed by atoms with E-state index in [0.29, 0.717) is 11.4 Å². The summed E-state index contributed by atoms with van der Waals surface area (Å²) in [6.07, 6.45) is -7.19. The Labute approximate surface area is 144 Å². The normalized spacial score (nSPS) is 15.4. The van der Waals surface area contributed by atoms with E-state index < -0.39 is 54.2 Å². The molecule has 0 aliphatic rings. The van der Waals surface area contributed by atoms with Crippen molar-refractivity contribution in [3.8, 4) is 0 Å². The van der Waals surface area contributed by atoms with E-state index in [1.807, 2.05) is 0 Å². The Morgan fingerprint density at radius 2 is 0.964 bits per heavy atom. The molecule has 0 atom stereocenters. The summed E-state index contributed by atoms with van der Waals surface area (Å²) >= 11 is 0. The molecule has 0 fully saturated rings. The van der Waals surface area contributed by atoms with E-state index in [0.717, 1.165) is 0 Å². The zero-order chi connectivity index (χ0) is 23.2. The van der Waals surface area contributed by atoms with E-state index in [2.05, 4.69) is 6.58 Å². The smallest absolute Gasteiger partial charge is 0.347 e. The second kappa shape index (κ2) is 6.89. The quantitative estimate of drug-likeness (QED) is 0.421. The van der Waals surface area contributed by atoms with Crippen LogP contribution in [0.4, 0.5) is 65.9 Å². The highest BCUT2D eigenvalue weighted by atomic mass is 19.4. The minimum Gasteiger partial charge on any atom is -0.347 e. The van der Waals surface area contributed by atoms with E-state index in [4.69, 9.17) is 0 Å². The highest BCUT2D eigenvalue weighted by molar-refractivity contribution is 5.85. The molecule has 0 rings (SSSR count). The molecule has 0 aromatic carbocycles. The predicted octanol–water partition coefficient (Wildman–Crippen LogP) is 4.66. The van der Waals surface area contributed by atoms with E-state index in [1.165, 1.54) is 0 Å². The molecule has 0 unspecified atom stereocenters. The lowest BCUT2D eigenvalue weighted by Crippen LogP contribution is -2.74. The van der Waals surface area contributed by atoms with Crippen LogP contribution in [0.5, 0.6) is 0 Å². The third kappa shape index (κ3) is 3.35. The fourth-order valence-electron chi connectivity index (χ4n) is 1.39. The third-order valence-corrected chi connectivity index (χ3v) is 3.02. The van der Waals surface area contributed by atoms with Crippen molar-refractivity contribution in [1.82, 2.24) is 5.32 Å². The van der Waals surface area contributed by atoms with Gasteiger partial charge >= 0.3 is 41.7 Å². The van der Waals surface area contributed by atoms with E-state index >= 15 is 0 Å². The van der Waals surface area contributed by atoms with Crippen LogP contribution >= 0.6 is 0 Å². The van der Waals surface area contributed by atoms with Crippen LogP contribution in [-0.2, 0) is 4.79 Å². The monoisotopic (exact) mass is 453 g/mol. The lowest BCUT2D eigenvalue weighted by atomic mass is 9.91. The van der Waals surface area contributed by atoms with Gasteiger partial charge in [-0.15, -0.1) is 6.58 Å².